The third-order valence-corrected chi connectivity index (χ3v) is 2.93. The lowest BCUT2D eigenvalue weighted by molar-refractivity contribution is 0.0275. The number of rotatable bonds is 3. The zero-order chi connectivity index (χ0) is 13.0. The van der Waals surface area contributed by atoms with Crippen LogP contribution in [0.3, 0.4) is 0 Å². The van der Waals surface area contributed by atoms with Crippen molar-refractivity contribution in [3.8, 4) is 5.75 Å². The monoisotopic (exact) mass is 251 g/mol. The van der Waals surface area contributed by atoms with Crippen LogP contribution >= 0.6 is 0 Å². The van der Waals surface area contributed by atoms with Crippen molar-refractivity contribution in [3.05, 3.63) is 29.3 Å². The van der Waals surface area contributed by atoms with Gasteiger partial charge in [-0.2, -0.15) is 0 Å². The molecule has 0 amide bonds. The lowest BCUT2D eigenvalue weighted by atomic mass is 10.0. The maximum Gasteiger partial charge on any atom is 0.341 e. The smallest absolute Gasteiger partial charge is 0.341 e. The van der Waals surface area contributed by atoms with Gasteiger partial charge in [0.1, 0.15) is 11.3 Å². The summed E-state index contributed by atoms with van der Waals surface area (Å²) in [5, 5.41) is 3.25. The van der Waals surface area contributed by atoms with Crippen LogP contribution in [0.2, 0.25) is 0 Å². The van der Waals surface area contributed by atoms with Crippen molar-refractivity contribution in [3.63, 3.8) is 0 Å². The molecule has 1 aromatic carbocycles. The van der Waals surface area contributed by atoms with Crippen molar-refractivity contribution in [1.82, 2.24) is 5.32 Å². The summed E-state index contributed by atoms with van der Waals surface area (Å²) in [5.74, 6) is 0.104. The Kier molecular flexibility index (Phi) is 4.17. The fourth-order valence-corrected chi connectivity index (χ4v) is 1.97. The summed E-state index contributed by atoms with van der Waals surface area (Å²) in [6, 6.07) is 5.44. The topological polar surface area (TPSA) is 56.8 Å². The molecule has 0 bridgehead atoms. The average Bonchev–Trinajstić information content (AvgIpc) is 2.46. The Labute approximate surface area is 106 Å². The highest BCUT2D eigenvalue weighted by Gasteiger charge is 2.20. The molecule has 1 heterocycles. The van der Waals surface area contributed by atoms with E-state index in [2.05, 4.69) is 5.32 Å². The fraction of sp³-hybridized carbons (Fsp3) is 0.462. The Hall–Kier alpha value is -1.59. The minimum absolute atomic E-state index is 0.0342. The molecular formula is C13H17NO4. The predicted molar refractivity (Wildman–Crippen MR) is 65.9 cm³/mol. The van der Waals surface area contributed by atoms with Crippen LogP contribution in [0.25, 0.3) is 0 Å². The fourth-order valence-electron chi connectivity index (χ4n) is 1.97. The number of hydrogen-bond acceptors (Lipinski definition) is 5. The van der Waals surface area contributed by atoms with Crippen LogP contribution in [-0.4, -0.2) is 39.9 Å². The zero-order valence-electron chi connectivity index (χ0n) is 10.6. The summed E-state index contributed by atoms with van der Waals surface area (Å²) in [7, 11) is 2.88. The predicted octanol–water partition coefficient (Wildman–Crippen LogP) is 1.14. The molecule has 1 aliphatic heterocycles. The molecule has 5 heteroatoms. The van der Waals surface area contributed by atoms with Gasteiger partial charge < -0.3 is 19.5 Å². The molecule has 0 radical (unpaired) electrons. The lowest BCUT2D eigenvalue weighted by Gasteiger charge is -2.24. The summed E-state index contributed by atoms with van der Waals surface area (Å²) >= 11 is 0. The molecule has 1 aromatic rings. The Bertz CT molecular complexity index is 427. The third kappa shape index (κ3) is 2.63. The van der Waals surface area contributed by atoms with Gasteiger partial charge in [-0.3, -0.25) is 0 Å². The number of ether oxygens (including phenoxy) is 3. The summed E-state index contributed by atoms with van der Waals surface area (Å²) in [6.45, 7) is 2.27. The van der Waals surface area contributed by atoms with Crippen molar-refractivity contribution in [1.29, 1.82) is 0 Å². The van der Waals surface area contributed by atoms with Gasteiger partial charge in [0.05, 0.1) is 26.9 Å². The third-order valence-electron chi connectivity index (χ3n) is 2.93. The van der Waals surface area contributed by atoms with E-state index >= 15 is 0 Å². The van der Waals surface area contributed by atoms with Crippen molar-refractivity contribution in [2.75, 3.05) is 33.9 Å². The maximum atomic E-state index is 11.7. The van der Waals surface area contributed by atoms with Crippen molar-refractivity contribution >= 4 is 5.97 Å². The number of morpholine rings is 1. The highest BCUT2D eigenvalue weighted by molar-refractivity contribution is 5.92. The number of methoxy groups -OCH3 is 2. The molecule has 2 rings (SSSR count). The van der Waals surface area contributed by atoms with Gasteiger partial charge in [0.15, 0.2) is 0 Å². The molecule has 0 aromatic heterocycles. The molecule has 1 unspecified atom stereocenters. The van der Waals surface area contributed by atoms with Gasteiger partial charge in [0.25, 0.3) is 0 Å². The van der Waals surface area contributed by atoms with E-state index < -0.39 is 5.97 Å². The first-order valence-corrected chi connectivity index (χ1v) is 5.85. The molecule has 1 fully saturated rings. The molecule has 18 heavy (non-hydrogen) atoms. The van der Waals surface area contributed by atoms with E-state index in [-0.39, 0.29) is 6.10 Å². The largest absolute Gasteiger partial charge is 0.496 e. The van der Waals surface area contributed by atoms with Gasteiger partial charge in [-0.15, -0.1) is 0 Å². The first kappa shape index (κ1) is 12.9. The minimum atomic E-state index is -0.405. The second-order valence-corrected chi connectivity index (χ2v) is 4.01. The minimum Gasteiger partial charge on any atom is -0.496 e. The maximum absolute atomic E-state index is 11.7. The summed E-state index contributed by atoms with van der Waals surface area (Å²) < 4.78 is 15.5. The zero-order valence-corrected chi connectivity index (χ0v) is 10.6. The van der Waals surface area contributed by atoms with Gasteiger partial charge in [0.2, 0.25) is 0 Å². The van der Waals surface area contributed by atoms with E-state index in [4.69, 9.17) is 14.2 Å². The van der Waals surface area contributed by atoms with Crippen LogP contribution in [0.4, 0.5) is 0 Å². The van der Waals surface area contributed by atoms with Crippen molar-refractivity contribution in [2.45, 2.75) is 6.10 Å². The van der Waals surface area contributed by atoms with Gasteiger partial charge >= 0.3 is 5.97 Å². The quantitative estimate of drug-likeness (QED) is 0.816. The van der Waals surface area contributed by atoms with Gasteiger partial charge in [-0.1, -0.05) is 6.07 Å². The summed E-state index contributed by atoms with van der Waals surface area (Å²) in [4.78, 5) is 11.7. The number of nitrogens with one attached hydrogen (secondary N) is 1. The van der Waals surface area contributed by atoms with E-state index in [0.29, 0.717) is 17.9 Å². The molecular weight excluding hydrogens is 234 g/mol. The van der Waals surface area contributed by atoms with Crippen molar-refractivity contribution in [2.24, 2.45) is 0 Å². The number of esters is 1. The SMILES string of the molecule is COC(=O)c1cc(C2CNCCO2)ccc1OC. The molecule has 1 saturated heterocycles. The standard InChI is InChI=1S/C13H17NO4/c1-16-11-4-3-9(7-10(11)13(15)17-2)12-8-14-5-6-18-12/h3-4,7,12,14H,5-6,8H2,1-2H3. The second-order valence-electron chi connectivity index (χ2n) is 4.01. The molecule has 1 aliphatic rings. The molecule has 98 valence electrons. The Morgan fingerprint density at radius 2 is 2.28 bits per heavy atom. The van der Waals surface area contributed by atoms with E-state index in [1.807, 2.05) is 6.07 Å². The highest BCUT2D eigenvalue weighted by atomic mass is 16.5. The van der Waals surface area contributed by atoms with E-state index in [1.165, 1.54) is 14.2 Å². The van der Waals surface area contributed by atoms with Crippen LogP contribution in [0, 0.1) is 0 Å². The highest BCUT2D eigenvalue weighted by Crippen LogP contribution is 2.26. The number of carbonyl (C=O) groups excluding carboxylic acids is 1. The van der Waals surface area contributed by atoms with Crippen LogP contribution in [-0.2, 0) is 9.47 Å². The van der Waals surface area contributed by atoms with Gasteiger partial charge in [-0.05, 0) is 17.7 Å². The van der Waals surface area contributed by atoms with E-state index in [1.54, 1.807) is 12.1 Å². The molecule has 0 spiro atoms. The Morgan fingerprint density at radius 3 is 2.89 bits per heavy atom. The van der Waals surface area contributed by atoms with Gasteiger partial charge in [0, 0.05) is 13.1 Å². The lowest BCUT2D eigenvalue weighted by Crippen LogP contribution is -2.33. The van der Waals surface area contributed by atoms with Crippen LogP contribution in [0.5, 0.6) is 5.75 Å². The van der Waals surface area contributed by atoms with Crippen LogP contribution in [0.15, 0.2) is 18.2 Å². The van der Waals surface area contributed by atoms with Crippen LogP contribution in [0.1, 0.15) is 22.0 Å². The summed E-state index contributed by atoms with van der Waals surface area (Å²) in [6.07, 6.45) is -0.0342. The normalized spacial score (nSPS) is 19.3. The molecule has 1 atom stereocenters. The number of carbonyl (C=O) groups is 1. The Morgan fingerprint density at radius 1 is 1.44 bits per heavy atom. The van der Waals surface area contributed by atoms with Gasteiger partial charge in [-0.25, -0.2) is 4.79 Å². The van der Waals surface area contributed by atoms with E-state index in [9.17, 15) is 4.79 Å². The first-order valence-electron chi connectivity index (χ1n) is 5.85. The van der Waals surface area contributed by atoms with Crippen LogP contribution < -0.4 is 10.1 Å². The second kappa shape index (κ2) is 5.84. The number of hydrogen-bond donors (Lipinski definition) is 1. The van der Waals surface area contributed by atoms with Crippen molar-refractivity contribution < 1.29 is 19.0 Å². The molecule has 0 aliphatic carbocycles. The number of benzene rings is 1. The molecule has 1 N–H and O–H groups in total. The van der Waals surface area contributed by atoms with E-state index in [0.717, 1.165) is 18.7 Å². The summed E-state index contributed by atoms with van der Waals surface area (Å²) in [5.41, 5.74) is 1.37. The Balaban J connectivity index is 2.29. The first-order chi connectivity index (χ1) is 8.76. The molecule has 0 saturated carbocycles. The average molecular weight is 251 g/mol. The molecule has 5 nitrogen and oxygen atoms in total.